The molecule has 28 heavy (non-hydrogen) atoms. The molecule has 2 heterocycles. The van der Waals surface area contributed by atoms with E-state index in [0.717, 1.165) is 33.6 Å². The van der Waals surface area contributed by atoms with Crippen molar-refractivity contribution >= 4 is 11.3 Å². The number of hydrogen-bond acceptors (Lipinski definition) is 3. The number of thiophene rings is 1. The monoisotopic (exact) mass is 389 g/mol. The number of aliphatic hydroxyl groups is 1. The highest BCUT2D eigenvalue weighted by molar-refractivity contribution is 7.14. The van der Waals surface area contributed by atoms with E-state index in [0.29, 0.717) is 6.42 Å². The predicted octanol–water partition coefficient (Wildman–Crippen LogP) is 6.28. The van der Waals surface area contributed by atoms with Gasteiger partial charge in [0.15, 0.2) is 0 Å². The number of halogens is 1. The SMILES string of the molecule is OC(CCc1ccccc1)c1csc(-c2ccc(F)cc2)c1-c1ccncc1. The van der Waals surface area contributed by atoms with Gasteiger partial charge in [-0.3, -0.25) is 4.98 Å². The van der Waals surface area contributed by atoms with Crippen LogP contribution < -0.4 is 0 Å². The second kappa shape index (κ2) is 8.46. The molecule has 2 aromatic carbocycles. The summed E-state index contributed by atoms with van der Waals surface area (Å²) in [6, 6.07) is 20.6. The number of rotatable bonds is 6. The first-order valence-electron chi connectivity index (χ1n) is 9.22. The minimum Gasteiger partial charge on any atom is -0.388 e. The average molecular weight is 389 g/mol. The molecule has 2 nitrogen and oxygen atoms in total. The summed E-state index contributed by atoms with van der Waals surface area (Å²) in [6.07, 6.45) is 4.37. The zero-order valence-electron chi connectivity index (χ0n) is 15.3. The maximum atomic E-state index is 13.4. The molecule has 0 saturated carbocycles. The van der Waals surface area contributed by atoms with Crippen LogP contribution in [0.2, 0.25) is 0 Å². The van der Waals surface area contributed by atoms with Gasteiger partial charge in [0.2, 0.25) is 0 Å². The third-order valence-corrected chi connectivity index (χ3v) is 5.85. The minimum atomic E-state index is -0.575. The van der Waals surface area contributed by atoms with Crippen LogP contribution in [0.25, 0.3) is 21.6 Å². The lowest BCUT2D eigenvalue weighted by Gasteiger charge is -2.14. The summed E-state index contributed by atoms with van der Waals surface area (Å²) in [5, 5.41) is 13.0. The number of nitrogens with zero attached hydrogens (tertiary/aromatic N) is 1. The Morgan fingerprint density at radius 1 is 0.893 bits per heavy atom. The van der Waals surface area contributed by atoms with Crippen molar-refractivity contribution in [3.63, 3.8) is 0 Å². The molecule has 1 unspecified atom stereocenters. The van der Waals surface area contributed by atoms with Gasteiger partial charge < -0.3 is 5.11 Å². The van der Waals surface area contributed by atoms with E-state index < -0.39 is 6.10 Å². The lowest BCUT2D eigenvalue weighted by atomic mass is 9.94. The van der Waals surface area contributed by atoms with E-state index in [1.54, 1.807) is 35.9 Å². The van der Waals surface area contributed by atoms with Gasteiger partial charge in [-0.2, -0.15) is 0 Å². The number of benzene rings is 2. The summed E-state index contributed by atoms with van der Waals surface area (Å²) in [5.74, 6) is -0.256. The van der Waals surface area contributed by atoms with Crippen molar-refractivity contribution in [3.05, 3.63) is 101 Å². The van der Waals surface area contributed by atoms with Gasteiger partial charge in [0, 0.05) is 22.8 Å². The highest BCUT2D eigenvalue weighted by atomic mass is 32.1. The van der Waals surface area contributed by atoms with Gasteiger partial charge in [-0.15, -0.1) is 11.3 Å². The standard InChI is InChI=1S/C24H20FNOS/c25-20-9-7-19(8-10-20)24-23(18-12-14-26-15-13-18)21(16-28-24)22(27)11-6-17-4-2-1-3-5-17/h1-5,7-10,12-16,22,27H,6,11H2. The summed E-state index contributed by atoms with van der Waals surface area (Å²) < 4.78 is 13.4. The Balaban J connectivity index is 1.69. The van der Waals surface area contributed by atoms with Crippen molar-refractivity contribution in [2.24, 2.45) is 0 Å². The van der Waals surface area contributed by atoms with Crippen LogP contribution in [0.15, 0.2) is 84.5 Å². The summed E-state index contributed by atoms with van der Waals surface area (Å²) >= 11 is 1.58. The predicted molar refractivity (Wildman–Crippen MR) is 113 cm³/mol. The fourth-order valence-corrected chi connectivity index (χ4v) is 4.50. The average Bonchev–Trinajstić information content (AvgIpc) is 3.19. The molecule has 0 radical (unpaired) electrons. The Hall–Kier alpha value is -2.82. The Morgan fingerprint density at radius 3 is 2.32 bits per heavy atom. The molecule has 1 atom stereocenters. The van der Waals surface area contributed by atoms with Gasteiger partial charge in [0.1, 0.15) is 5.82 Å². The fraction of sp³-hybridized carbons (Fsp3) is 0.125. The van der Waals surface area contributed by atoms with Crippen LogP contribution in [0, 0.1) is 5.82 Å². The first-order valence-corrected chi connectivity index (χ1v) is 10.1. The maximum absolute atomic E-state index is 13.4. The molecule has 0 bridgehead atoms. The van der Waals surface area contributed by atoms with Crippen LogP contribution in [-0.2, 0) is 6.42 Å². The summed E-state index contributed by atoms with van der Waals surface area (Å²) in [7, 11) is 0. The van der Waals surface area contributed by atoms with Crippen molar-refractivity contribution in [1.29, 1.82) is 0 Å². The lowest BCUT2D eigenvalue weighted by Crippen LogP contribution is -2.00. The third kappa shape index (κ3) is 4.03. The molecular formula is C24H20FNOS. The van der Waals surface area contributed by atoms with Gasteiger partial charge >= 0.3 is 0 Å². The van der Waals surface area contributed by atoms with E-state index in [9.17, 15) is 9.50 Å². The molecule has 4 rings (SSSR count). The molecule has 0 amide bonds. The highest BCUT2D eigenvalue weighted by Crippen LogP contribution is 2.43. The molecule has 4 aromatic rings. The van der Waals surface area contributed by atoms with E-state index in [-0.39, 0.29) is 5.82 Å². The molecule has 0 spiro atoms. The molecule has 0 aliphatic rings. The van der Waals surface area contributed by atoms with Gasteiger partial charge in [0.25, 0.3) is 0 Å². The first-order chi connectivity index (χ1) is 13.7. The topological polar surface area (TPSA) is 33.1 Å². The maximum Gasteiger partial charge on any atom is 0.123 e. The smallest absolute Gasteiger partial charge is 0.123 e. The Labute approximate surface area is 168 Å². The van der Waals surface area contributed by atoms with Crippen molar-refractivity contribution < 1.29 is 9.50 Å². The van der Waals surface area contributed by atoms with Gasteiger partial charge in [-0.05, 0) is 64.7 Å². The molecule has 0 fully saturated rings. The zero-order chi connectivity index (χ0) is 19.3. The summed E-state index contributed by atoms with van der Waals surface area (Å²) in [4.78, 5) is 5.14. The van der Waals surface area contributed by atoms with E-state index in [1.165, 1.54) is 17.7 Å². The van der Waals surface area contributed by atoms with Crippen molar-refractivity contribution in [3.8, 4) is 21.6 Å². The molecule has 1 N–H and O–H groups in total. The van der Waals surface area contributed by atoms with E-state index in [1.807, 2.05) is 35.7 Å². The molecule has 4 heteroatoms. The normalized spacial score (nSPS) is 12.1. The zero-order valence-corrected chi connectivity index (χ0v) is 16.1. The van der Waals surface area contributed by atoms with E-state index >= 15 is 0 Å². The van der Waals surface area contributed by atoms with Crippen molar-refractivity contribution in [2.45, 2.75) is 18.9 Å². The highest BCUT2D eigenvalue weighted by Gasteiger charge is 2.20. The van der Waals surface area contributed by atoms with Crippen LogP contribution in [0.1, 0.15) is 23.7 Å². The first kappa shape index (κ1) is 18.5. The molecule has 0 aliphatic carbocycles. The second-order valence-electron chi connectivity index (χ2n) is 6.68. The minimum absolute atomic E-state index is 0.256. The number of aryl methyl sites for hydroxylation is 1. The Bertz CT molecular complexity index is 1030. The number of aliphatic hydroxyl groups excluding tert-OH is 1. The van der Waals surface area contributed by atoms with Gasteiger partial charge in [-0.1, -0.05) is 42.5 Å². The largest absolute Gasteiger partial charge is 0.388 e. The quantitative estimate of drug-likeness (QED) is 0.421. The third-order valence-electron chi connectivity index (χ3n) is 4.80. The number of pyridine rings is 1. The van der Waals surface area contributed by atoms with E-state index in [4.69, 9.17) is 0 Å². The van der Waals surface area contributed by atoms with Crippen LogP contribution in [0.5, 0.6) is 0 Å². The molecule has 0 aliphatic heterocycles. The fourth-order valence-electron chi connectivity index (χ4n) is 3.35. The molecule has 2 aromatic heterocycles. The molecule has 0 saturated heterocycles. The van der Waals surface area contributed by atoms with Crippen LogP contribution >= 0.6 is 11.3 Å². The van der Waals surface area contributed by atoms with Gasteiger partial charge in [-0.25, -0.2) is 4.39 Å². The summed E-state index contributed by atoms with van der Waals surface area (Å²) in [5.41, 5.74) is 5.07. The Kier molecular flexibility index (Phi) is 5.60. The Morgan fingerprint density at radius 2 is 1.61 bits per heavy atom. The number of hydrogen-bond donors (Lipinski definition) is 1. The number of aromatic nitrogens is 1. The van der Waals surface area contributed by atoms with E-state index in [2.05, 4.69) is 17.1 Å². The van der Waals surface area contributed by atoms with Crippen LogP contribution in [0.4, 0.5) is 4.39 Å². The van der Waals surface area contributed by atoms with Crippen molar-refractivity contribution in [2.75, 3.05) is 0 Å². The summed E-state index contributed by atoms with van der Waals surface area (Å²) in [6.45, 7) is 0. The molecule has 140 valence electrons. The lowest BCUT2D eigenvalue weighted by molar-refractivity contribution is 0.169. The van der Waals surface area contributed by atoms with Crippen LogP contribution in [-0.4, -0.2) is 10.1 Å². The molecular weight excluding hydrogens is 369 g/mol. The second-order valence-corrected chi connectivity index (χ2v) is 7.56. The van der Waals surface area contributed by atoms with Crippen molar-refractivity contribution in [1.82, 2.24) is 4.98 Å². The van der Waals surface area contributed by atoms with Crippen LogP contribution in [0.3, 0.4) is 0 Å². The van der Waals surface area contributed by atoms with Gasteiger partial charge in [0.05, 0.1) is 6.10 Å².